The Morgan fingerprint density at radius 2 is 1.94 bits per heavy atom. The van der Waals surface area contributed by atoms with Gasteiger partial charge in [-0.2, -0.15) is 11.3 Å². The van der Waals surface area contributed by atoms with Gasteiger partial charge in [-0.25, -0.2) is 4.79 Å². The number of aromatic nitrogens is 2. The molecule has 1 unspecified atom stereocenters. The highest BCUT2D eigenvalue weighted by Gasteiger charge is 2.10. The van der Waals surface area contributed by atoms with Crippen LogP contribution < -0.4 is 11.4 Å². The molecule has 0 aliphatic heterocycles. The molecule has 5 heteroatoms. The van der Waals surface area contributed by atoms with Gasteiger partial charge < -0.3 is 15.7 Å². The van der Waals surface area contributed by atoms with Crippen LogP contribution in [0.2, 0.25) is 0 Å². The van der Waals surface area contributed by atoms with E-state index in [-0.39, 0.29) is 11.7 Å². The van der Waals surface area contributed by atoms with Gasteiger partial charge in [0.2, 0.25) is 0 Å². The van der Waals surface area contributed by atoms with Crippen molar-refractivity contribution in [3.05, 3.63) is 56.6 Å². The fourth-order valence-corrected chi connectivity index (χ4v) is 2.58. The topological polar surface area (TPSA) is 74.7 Å². The second kappa shape index (κ2) is 3.87. The molecule has 3 aromatic rings. The van der Waals surface area contributed by atoms with Crippen LogP contribution in [-0.2, 0) is 0 Å². The number of rotatable bonds is 2. The van der Waals surface area contributed by atoms with E-state index in [2.05, 4.69) is 9.97 Å². The number of H-pyrrole nitrogens is 2. The molecule has 2 heterocycles. The molecular weight excluding hydrogens is 234 g/mol. The van der Waals surface area contributed by atoms with Crippen LogP contribution in [0.1, 0.15) is 17.2 Å². The summed E-state index contributed by atoms with van der Waals surface area (Å²) < 4.78 is 0. The minimum Gasteiger partial charge on any atom is -0.320 e. The first kappa shape index (κ1) is 10.3. The van der Waals surface area contributed by atoms with Gasteiger partial charge in [0, 0.05) is 0 Å². The van der Waals surface area contributed by atoms with Crippen LogP contribution in [0.5, 0.6) is 0 Å². The Bertz CT molecular complexity index is 696. The van der Waals surface area contributed by atoms with Gasteiger partial charge in [0.25, 0.3) is 0 Å². The number of nitrogens with one attached hydrogen (secondary N) is 2. The average molecular weight is 245 g/mol. The summed E-state index contributed by atoms with van der Waals surface area (Å²) in [7, 11) is 0. The normalized spacial score (nSPS) is 13.0. The van der Waals surface area contributed by atoms with E-state index in [9.17, 15) is 4.79 Å². The maximum Gasteiger partial charge on any atom is 0.323 e. The first-order valence-corrected chi connectivity index (χ1v) is 6.18. The van der Waals surface area contributed by atoms with Gasteiger partial charge in [0.05, 0.1) is 17.1 Å². The van der Waals surface area contributed by atoms with Crippen molar-refractivity contribution in [1.29, 1.82) is 0 Å². The van der Waals surface area contributed by atoms with Gasteiger partial charge in [-0.05, 0) is 40.1 Å². The lowest BCUT2D eigenvalue weighted by atomic mass is 10.0. The van der Waals surface area contributed by atoms with E-state index in [0.29, 0.717) is 0 Å². The highest BCUT2D eigenvalue weighted by Crippen LogP contribution is 2.23. The van der Waals surface area contributed by atoms with Crippen LogP contribution in [0, 0.1) is 0 Å². The van der Waals surface area contributed by atoms with Gasteiger partial charge >= 0.3 is 5.69 Å². The number of aromatic amines is 2. The fourth-order valence-electron chi connectivity index (χ4n) is 1.89. The summed E-state index contributed by atoms with van der Waals surface area (Å²) in [5.41, 5.74) is 9.64. The summed E-state index contributed by atoms with van der Waals surface area (Å²) in [5, 5.41) is 4.04. The molecule has 0 aliphatic rings. The molecule has 3 rings (SSSR count). The van der Waals surface area contributed by atoms with Crippen molar-refractivity contribution in [2.24, 2.45) is 5.73 Å². The number of hydrogen-bond donors (Lipinski definition) is 3. The predicted molar refractivity (Wildman–Crippen MR) is 69.3 cm³/mol. The molecule has 0 amide bonds. The van der Waals surface area contributed by atoms with Crippen LogP contribution >= 0.6 is 11.3 Å². The van der Waals surface area contributed by atoms with E-state index in [1.54, 1.807) is 11.3 Å². The third-order valence-corrected chi connectivity index (χ3v) is 3.50. The van der Waals surface area contributed by atoms with Crippen molar-refractivity contribution >= 4 is 22.4 Å². The predicted octanol–water partition coefficient (Wildman–Crippen LogP) is 1.97. The first-order valence-electron chi connectivity index (χ1n) is 5.23. The van der Waals surface area contributed by atoms with Crippen molar-refractivity contribution in [3.63, 3.8) is 0 Å². The van der Waals surface area contributed by atoms with Crippen LogP contribution in [0.4, 0.5) is 0 Å². The first-order chi connectivity index (χ1) is 8.24. The highest BCUT2D eigenvalue weighted by molar-refractivity contribution is 7.08. The maximum absolute atomic E-state index is 11.2. The standard InChI is InChI=1S/C12H11N3OS/c13-11(8-3-4-17-6-8)7-1-2-9-10(5-7)15-12(16)14-9/h1-6,11H,13H2,(H2,14,15,16). The smallest absolute Gasteiger partial charge is 0.320 e. The minimum absolute atomic E-state index is 0.149. The Morgan fingerprint density at radius 3 is 2.71 bits per heavy atom. The zero-order chi connectivity index (χ0) is 11.8. The van der Waals surface area contributed by atoms with Crippen molar-refractivity contribution in [1.82, 2.24) is 9.97 Å². The zero-order valence-electron chi connectivity index (χ0n) is 8.94. The number of fused-ring (bicyclic) bond motifs is 1. The third-order valence-electron chi connectivity index (χ3n) is 2.80. The molecule has 1 atom stereocenters. The molecule has 0 spiro atoms. The number of imidazole rings is 1. The molecule has 2 aromatic heterocycles. The van der Waals surface area contributed by atoms with Gasteiger partial charge in [0.1, 0.15) is 0 Å². The lowest BCUT2D eigenvalue weighted by Crippen LogP contribution is -2.10. The minimum atomic E-state index is -0.193. The van der Waals surface area contributed by atoms with E-state index in [0.717, 1.165) is 22.2 Å². The Balaban J connectivity index is 2.08. The lowest BCUT2D eigenvalue weighted by molar-refractivity contribution is 0.878. The summed E-state index contributed by atoms with van der Waals surface area (Å²) in [6.07, 6.45) is 0. The average Bonchev–Trinajstić information content (AvgIpc) is 2.94. The molecular formula is C12H11N3OS. The maximum atomic E-state index is 11.2. The Labute approximate surface area is 101 Å². The van der Waals surface area contributed by atoms with Crippen molar-refractivity contribution < 1.29 is 0 Å². The molecule has 4 N–H and O–H groups in total. The highest BCUT2D eigenvalue weighted by atomic mass is 32.1. The molecule has 0 aliphatic carbocycles. The van der Waals surface area contributed by atoms with Crippen molar-refractivity contribution in [2.75, 3.05) is 0 Å². The molecule has 0 bridgehead atoms. The molecule has 1 aromatic carbocycles. The quantitative estimate of drug-likeness (QED) is 0.645. The fraction of sp³-hybridized carbons (Fsp3) is 0.0833. The van der Waals surface area contributed by atoms with Gasteiger partial charge in [-0.3, -0.25) is 0 Å². The largest absolute Gasteiger partial charge is 0.323 e. The van der Waals surface area contributed by atoms with Crippen LogP contribution in [0.15, 0.2) is 39.8 Å². The molecule has 4 nitrogen and oxygen atoms in total. The van der Waals surface area contributed by atoms with Crippen LogP contribution in [0.3, 0.4) is 0 Å². The number of hydrogen-bond acceptors (Lipinski definition) is 3. The molecule has 17 heavy (non-hydrogen) atoms. The SMILES string of the molecule is NC(c1ccsc1)c1ccc2[nH]c(=O)[nH]c2c1. The Kier molecular flexibility index (Phi) is 2.35. The van der Waals surface area contributed by atoms with E-state index >= 15 is 0 Å². The van der Waals surface area contributed by atoms with E-state index < -0.39 is 0 Å². The number of benzene rings is 1. The molecule has 0 saturated carbocycles. The van der Waals surface area contributed by atoms with Crippen molar-refractivity contribution in [2.45, 2.75) is 6.04 Å². The molecule has 0 radical (unpaired) electrons. The molecule has 86 valence electrons. The molecule has 0 saturated heterocycles. The summed E-state index contributed by atoms with van der Waals surface area (Å²) in [6, 6.07) is 7.59. The van der Waals surface area contributed by atoms with Crippen LogP contribution in [0.25, 0.3) is 11.0 Å². The van der Waals surface area contributed by atoms with Gasteiger partial charge in [-0.1, -0.05) is 6.07 Å². The Morgan fingerprint density at radius 1 is 1.12 bits per heavy atom. The summed E-state index contributed by atoms with van der Waals surface area (Å²) in [5.74, 6) is 0. The third kappa shape index (κ3) is 1.79. The lowest BCUT2D eigenvalue weighted by Gasteiger charge is -2.10. The Hall–Kier alpha value is -1.85. The molecule has 0 fully saturated rings. The second-order valence-electron chi connectivity index (χ2n) is 3.92. The number of thiophene rings is 1. The van der Waals surface area contributed by atoms with E-state index in [1.165, 1.54) is 0 Å². The summed E-state index contributed by atoms with van der Waals surface area (Å²) in [6.45, 7) is 0. The van der Waals surface area contributed by atoms with Crippen LogP contribution in [-0.4, -0.2) is 9.97 Å². The van der Waals surface area contributed by atoms with Crippen molar-refractivity contribution in [3.8, 4) is 0 Å². The number of nitrogens with two attached hydrogens (primary N) is 1. The van der Waals surface area contributed by atoms with E-state index in [1.807, 2.05) is 35.0 Å². The monoisotopic (exact) mass is 245 g/mol. The van der Waals surface area contributed by atoms with Gasteiger partial charge in [0.15, 0.2) is 0 Å². The van der Waals surface area contributed by atoms with Gasteiger partial charge in [-0.15, -0.1) is 0 Å². The summed E-state index contributed by atoms with van der Waals surface area (Å²) in [4.78, 5) is 16.6. The van der Waals surface area contributed by atoms with E-state index in [4.69, 9.17) is 5.73 Å². The summed E-state index contributed by atoms with van der Waals surface area (Å²) >= 11 is 1.63. The second-order valence-corrected chi connectivity index (χ2v) is 4.70. The zero-order valence-corrected chi connectivity index (χ0v) is 9.75.